The first-order valence-corrected chi connectivity index (χ1v) is 26.2. The molecule has 0 spiro atoms. The molecule has 0 aromatic rings. The van der Waals surface area contributed by atoms with Crippen LogP contribution in [0.15, 0.2) is 0 Å². The van der Waals surface area contributed by atoms with Crippen LogP contribution in [0.1, 0.15) is 258 Å². The molecule has 0 aliphatic carbocycles. The van der Waals surface area contributed by atoms with Crippen molar-refractivity contribution in [1.29, 1.82) is 0 Å². The molecule has 0 bridgehead atoms. The van der Waals surface area contributed by atoms with Gasteiger partial charge in [-0.2, -0.15) is 0 Å². The number of carboxylic acid groups (broad SMARTS) is 1. The number of esters is 2. The van der Waals surface area contributed by atoms with Gasteiger partial charge < -0.3 is 33.3 Å². The minimum absolute atomic E-state index is 0.152. The Morgan fingerprint density at radius 2 is 0.738 bits per heavy atom. The van der Waals surface area contributed by atoms with Gasteiger partial charge in [-0.3, -0.25) is 9.59 Å². The molecule has 61 heavy (non-hydrogen) atoms. The molecular weight excluding hydrogens is 767 g/mol. The van der Waals surface area contributed by atoms with E-state index < -0.39 is 24.3 Å². The van der Waals surface area contributed by atoms with Crippen molar-refractivity contribution in [2.45, 2.75) is 270 Å². The molecule has 0 fully saturated rings. The first-order chi connectivity index (χ1) is 29.6. The average Bonchev–Trinajstić information content (AvgIpc) is 3.22. The maximum absolute atomic E-state index is 12.8. The zero-order valence-corrected chi connectivity index (χ0v) is 41.1. The zero-order chi connectivity index (χ0) is 44.9. The molecule has 0 aliphatic rings. The van der Waals surface area contributed by atoms with Gasteiger partial charge in [0.15, 0.2) is 12.4 Å². The first-order valence-electron chi connectivity index (χ1n) is 26.2. The Morgan fingerprint density at radius 3 is 1.05 bits per heavy atom. The molecule has 0 heterocycles. The summed E-state index contributed by atoms with van der Waals surface area (Å²) in [5, 5.41) is 11.7. The van der Waals surface area contributed by atoms with Crippen LogP contribution in [0, 0.1) is 0 Å². The minimum Gasteiger partial charge on any atom is -0.545 e. The number of likely N-dealkylation sites (N-methyl/N-ethyl adjacent to an activating group) is 1. The summed E-state index contributed by atoms with van der Waals surface area (Å²) in [6.45, 7) is 4.73. The van der Waals surface area contributed by atoms with E-state index in [1.165, 1.54) is 193 Å². The number of rotatable bonds is 49. The highest BCUT2D eigenvalue weighted by Gasteiger charge is 2.22. The SMILES string of the molecule is CCCCCCCCCCCCCCCCCCCCCCCCCCCCCCCC(=O)OC(COC(=O)CCCCCCCCC)COC(OCC[N+](C)(C)C)C(=O)[O-]. The Morgan fingerprint density at radius 1 is 0.426 bits per heavy atom. The van der Waals surface area contributed by atoms with E-state index in [0.29, 0.717) is 17.4 Å². The van der Waals surface area contributed by atoms with Gasteiger partial charge in [0.25, 0.3) is 0 Å². The van der Waals surface area contributed by atoms with Gasteiger partial charge in [0.05, 0.1) is 40.3 Å². The van der Waals surface area contributed by atoms with E-state index in [2.05, 4.69) is 13.8 Å². The van der Waals surface area contributed by atoms with Crippen LogP contribution in [-0.2, 0) is 33.3 Å². The third kappa shape index (κ3) is 46.1. The fourth-order valence-electron chi connectivity index (χ4n) is 7.77. The Balaban J connectivity index is 3.98. The van der Waals surface area contributed by atoms with E-state index in [0.717, 1.165) is 38.5 Å². The predicted octanol–water partition coefficient (Wildman–Crippen LogP) is 13.1. The maximum atomic E-state index is 12.8. The average molecular weight is 868 g/mol. The number of nitrogens with zero attached hydrogens (tertiary/aromatic N) is 1. The normalized spacial score (nSPS) is 12.7. The lowest BCUT2D eigenvalue weighted by molar-refractivity contribution is -0.870. The standard InChI is InChI=1S/C52H101NO8/c1-6-8-10-12-14-15-16-17-18-19-20-21-22-23-24-25-26-27-28-29-30-31-32-33-34-35-37-39-41-43-50(55)61-48(46-59-49(54)42-40-38-36-13-11-9-7-2)47-60-52(51(56)57)58-45-44-53(3,4)5/h48,52H,6-47H2,1-5H3. The minimum atomic E-state index is -1.61. The van der Waals surface area contributed by atoms with Crippen molar-refractivity contribution in [1.82, 2.24) is 0 Å². The predicted molar refractivity (Wildman–Crippen MR) is 251 cm³/mol. The largest absolute Gasteiger partial charge is 0.545 e. The van der Waals surface area contributed by atoms with Gasteiger partial charge in [-0.15, -0.1) is 0 Å². The molecule has 2 atom stereocenters. The molecule has 9 nitrogen and oxygen atoms in total. The fraction of sp³-hybridized carbons (Fsp3) is 0.942. The molecule has 0 N–H and O–H groups in total. The van der Waals surface area contributed by atoms with Gasteiger partial charge in [0.1, 0.15) is 13.2 Å². The lowest BCUT2D eigenvalue weighted by Crippen LogP contribution is -2.44. The molecule has 362 valence electrons. The molecule has 0 amide bonds. The molecule has 0 saturated carbocycles. The Labute approximate surface area is 377 Å². The van der Waals surface area contributed by atoms with Crippen LogP contribution in [0.4, 0.5) is 0 Å². The second-order valence-electron chi connectivity index (χ2n) is 19.2. The lowest BCUT2D eigenvalue weighted by Gasteiger charge is -2.26. The number of hydrogen-bond donors (Lipinski definition) is 0. The highest BCUT2D eigenvalue weighted by molar-refractivity contribution is 5.70. The van der Waals surface area contributed by atoms with Crippen LogP contribution in [0.3, 0.4) is 0 Å². The van der Waals surface area contributed by atoms with Crippen LogP contribution in [0.5, 0.6) is 0 Å². The van der Waals surface area contributed by atoms with Crippen LogP contribution in [-0.4, -0.2) is 82.3 Å². The van der Waals surface area contributed by atoms with Gasteiger partial charge in [-0.1, -0.05) is 232 Å². The van der Waals surface area contributed by atoms with E-state index in [1.807, 2.05) is 21.1 Å². The molecule has 0 rings (SSSR count). The maximum Gasteiger partial charge on any atom is 0.306 e. The third-order valence-corrected chi connectivity index (χ3v) is 11.9. The highest BCUT2D eigenvalue weighted by Crippen LogP contribution is 2.17. The van der Waals surface area contributed by atoms with Crippen LogP contribution in [0.2, 0.25) is 0 Å². The Bertz CT molecular complexity index is 970. The summed E-state index contributed by atoms with van der Waals surface area (Å²) in [7, 11) is 5.92. The first kappa shape index (κ1) is 59.3. The summed E-state index contributed by atoms with van der Waals surface area (Å²) in [6, 6.07) is 0. The summed E-state index contributed by atoms with van der Waals surface area (Å²) in [6.07, 6.45) is 44.8. The number of carbonyl (C=O) groups excluding carboxylic acids is 3. The van der Waals surface area contributed by atoms with Crippen molar-refractivity contribution in [2.24, 2.45) is 0 Å². The second-order valence-corrected chi connectivity index (χ2v) is 19.2. The van der Waals surface area contributed by atoms with Crippen molar-refractivity contribution in [3.05, 3.63) is 0 Å². The van der Waals surface area contributed by atoms with Gasteiger partial charge in [-0.05, 0) is 12.8 Å². The van der Waals surface area contributed by atoms with E-state index in [-0.39, 0.29) is 32.2 Å². The number of aliphatic carboxylic acids is 1. The lowest BCUT2D eigenvalue weighted by atomic mass is 10.0. The van der Waals surface area contributed by atoms with Gasteiger partial charge in [0.2, 0.25) is 0 Å². The monoisotopic (exact) mass is 868 g/mol. The van der Waals surface area contributed by atoms with E-state index in [4.69, 9.17) is 18.9 Å². The number of unbranched alkanes of at least 4 members (excludes halogenated alkanes) is 34. The van der Waals surface area contributed by atoms with Crippen molar-refractivity contribution >= 4 is 17.9 Å². The molecular formula is C52H101NO8. The van der Waals surface area contributed by atoms with Gasteiger partial charge >= 0.3 is 11.9 Å². The number of ether oxygens (including phenoxy) is 4. The van der Waals surface area contributed by atoms with Crippen LogP contribution < -0.4 is 5.11 Å². The van der Waals surface area contributed by atoms with Gasteiger partial charge in [0, 0.05) is 12.8 Å². The summed E-state index contributed by atoms with van der Waals surface area (Å²) in [5.74, 6) is -2.27. The van der Waals surface area contributed by atoms with Crippen molar-refractivity contribution in [3.8, 4) is 0 Å². The summed E-state index contributed by atoms with van der Waals surface area (Å²) in [5.41, 5.74) is 0. The molecule has 0 aromatic heterocycles. The summed E-state index contributed by atoms with van der Waals surface area (Å²) >= 11 is 0. The molecule has 2 unspecified atom stereocenters. The Hall–Kier alpha value is -1.71. The smallest absolute Gasteiger partial charge is 0.306 e. The number of carbonyl (C=O) groups is 3. The van der Waals surface area contributed by atoms with Crippen LogP contribution in [0.25, 0.3) is 0 Å². The number of hydrogen-bond acceptors (Lipinski definition) is 8. The van der Waals surface area contributed by atoms with E-state index >= 15 is 0 Å². The highest BCUT2D eigenvalue weighted by atomic mass is 16.7. The van der Waals surface area contributed by atoms with Crippen molar-refractivity contribution < 1.29 is 42.9 Å². The molecule has 0 aliphatic heterocycles. The fourth-order valence-corrected chi connectivity index (χ4v) is 7.77. The quantitative estimate of drug-likeness (QED) is 0.0257. The molecule has 9 heteroatoms. The van der Waals surface area contributed by atoms with Crippen molar-refractivity contribution in [2.75, 3.05) is 47.5 Å². The van der Waals surface area contributed by atoms with E-state index in [9.17, 15) is 19.5 Å². The second kappa shape index (κ2) is 44.9. The van der Waals surface area contributed by atoms with E-state index in [1.54, 1.807) is 0 Å². The molecule has 0 saturated heterocycles. The zero-order valence-electron chi connectivity index (χ0n) is 41.1. The number of carboxylic acids is 1. The summed E-state index contributed by atoms with van der Waals surface area (Å²) in [4.78, 5) is 36.8. The molecule has 0 aromatic carbocycles. The Kier molecular flexibility index (Phi) is 43.6. The molecule has 0 radical (unpaired) electrons. The summed E-state index contributed by atoms with van der Waals surface area (Å²) < 4.78 is 22.5. The van der Waals surface area contributed by atoms with Crippen LogP contribution >= 0.6 is 0 Å². The van der Waals surface area contributed by atoms with Gasteiger partial charge in [-0.25, -0.2) is 0 Å². The third-order valence-electron chi connectivity index (χ3n) is 11.9. The number of quaternary nitrogens is 1. The topological polar surface area (TPSA) is 111 Å². The van der Waals surface area contributed by atoms with Crippen molar-refractivity contribution in [3.63, 3.8) is 0 Å².